The van der Waals surface area contributed by atoms with Crippen molar-refractivity contribution in [3.05, 3.63) is 57.6 Å². The van der Waals surface area contributed by atoms with E-state index in [1.807, 2.05) is 26.0 Å². The number of nitrogens with zero attached hydrogens (tertiary/aromatic N) is 4. The van der Waals surface area contributed by atoms with Gasteiger partial charge in [-0.15, -0.1) is 0 Å². The lowest BCUT2D eigenvalue weighted by Crippen LogP contribution is -2.18. The molecule has 1 atom stereocenters. The quantitative estimate of drug-likeness (QED) is 0.539. The molecule has 1 fully saturated rings. The van der Waals surface area contributed by atoms with Gasteiger partial charge in [-0.3, -0.25) is 0 Å². The van der Waals surface area contributed by atoms with E-state index in [0.29, 0.717) is 41.3 Å². The van der Waals surface area contributed by atoms with E-state index < -0.39 is 5.97 Å². The van der Waals surface area contributed by atoms with Crippen molar-refractivity contribution >= 4 is 34.3 Å². The van der Waals surface area contributed by atoms with Gasteiger partial charge in [-0.25, -0.2) is 19.7 Å². The molecule has 0 spiro atoms. The van der Waals surface area contributed by atoms with Gasteiger partial charge in [0.1, 0.15) is 11.2 Å². The summed E-state index contributed by atoms with van der Waals surface area (Å²) in [4.78, 5) is 25.1. The van der Waals surface area contributed by atoms with Crippen LogP contribution in [0.25, 0.3) is 11.0 Å². The van der Waals surface area contributed by atoms with E-state index in [9.17, 15) is 15.2 Å². The van der Waals surface area contributed by atoms with Crippen molar-refractivity contribution in [2.24, 2.45) is 0 Å². The molecule has 2 N–H and O–H groups in total. The van der Waals surface area contributed by atoms with Crippen LogP contribution in [0.3, 0.4) is 0 Å². The number of aromatic carboxylic acids is 1. The van der Waals surface area contributed by atoms with Crippen molar-refractivity contribution in [1.29, 1.82) is 5.26 Å². The minimum atomic E-state index is -1.17. The average molecular weight is 452 g/mol. The zero-order valence-corrected chi connectivity index (χ0v) is 18.5. The fourth-order valence-corrected chi connectivity index (χ4v) is 4.19. The summed E-state index contributed by atoms with van der Waals surface area (Å²) in [5.41, 5.74) is 4.39. The molecule has 2 aromatic heterocycles. The lowest BCUT2D eigenvalue weighted by atomic mass is 9.94. The zero-order chi connectivity index (χ0) is 22.8. The van der Waals surface area contributed by atoms with E-state index in [1.54, 1.807) is 12.1 Å². The zero-order valence-electron chi connectivity index (χ0n) is 17.7. The molecule has 0 aliphatic carbocycles. The average Bonchev–Trinajstić information content (AvgIpc) is 2.79. The number of hydrogen-bond acceptors (Lipinski definition) is 7. The Kier molecular flexibility index (Phi) is 6.21. The van der Waals surface area contributed by atoms with Gasteiger partial charge in [-0.1, -0.05) is 17.7 Å². The second-order valence-corrected chi connectivity index (χ2v) is 8.27. The number of ether oxygens (including phenoxy) is 1. The molecule has 1 aliphatic rings. The van der Waals surface area contributed by atoms with Gasteiger partial charge >= 0.3 is 5.97 Å². The molecule has 3 aromatic rings. The third-order valence-electron chi connectivity index (χ3n) is 5.59. The number of anilines is 1. The number of aromatic nitrogens is 3. The number of nitrogens with one attached hydrogen (secondary N) is 1. The number of nitriles is 1. The van der Waals surface area contributed by atoms with Crippen molar-refractivity contribution in [3.63, 3.8) is 0 Å². The standard InChI is InChI=1S/C23H22ClN5O3/c1-12-9-15(13(2)26-16-3-4-19(24)28-22(16)23(30)31)21-17(10-12)27-18(11-25)20(29-21)14-5-7-32-8-6-14/h3-4,9-10,13-14,26H,5-8H2,1-2H3,(H,30,31)/t13-/m1/s1. The van der Waals surface area contributed by atoms with E-state index in [1.165, 1.54) is 0 Å². The van der Waals surface area contributed by atoms with Crippen LogP contribution in [0.4, 0.5) is 5.69 Å². The lowest BCUT2D eigenvalue weighted by molar-refractivity contribution is 0.0691. The molecule has 3 heterocycles. The van der Waals surface area contributed by atoms with E-state index in [4.69, 9.17) is 21.3 Å². The van der Waals surface area contributed by atoms with Crippen molar-refractivity contribution < 1.29 is 14.6 Å². The third kappa shape index (κ3) is 4.35. The van der Waals surface area contributed by atoms with Gasteiger partial charge in [0.25, 0.3) is 0 Å². The number of carboxylic acids is 1. The normalized spacial score (nSPS) is 15.3. The summed E-state index contributed by atoms with van der Waals surface area (Å²) in [6, 6.07) is 8.94. The first kappa shape index (κ1) is 21.9. The fraction of sp³-hybridized carbons (Fsp3) is 0.348. The number of benzene rings is 1. The van der Waals surface area contributed by atoms with Crippen LogP contribution in [0.15, 0.2) is 24.3 Å². The number of pyridine rings is 1. The number of rotatable bonds is 5. The van der Waals surface area contributed by atoms with Crippen LogP contribution >= 0.6 is 11.6 Å². The minimum Gasteiger partial charge on any atom is -0.476 e. The second-order valence-electron chi connectivity index (χ2n) is 7.88. The Morgan fingerprint density at radius 3 is 2.72 bits per heavy atom. The van der Waals surface area contributed by atoms with E-state index in [2.05, 4.69) is 21.4 Å². The number of hydrogen-bond donors (Lipinski definition) is 2. The monoisotopic (exact) mass is 451 g/mol. The highest BCUT2D eigenvalue weighted by Gasteiger charge is 2.24. The maximum Gasteiger partial charge on any atom is 0.356 e. The Balaban J connectivity index is 1.80. The molecule has 0 bridgehead atoms. The number of carbonyl (C=O) groups is 1. The maximum atomic E-state index is 11.6. The minimum absolute atomic E-state index is 0.109. The Morgan fingerprint density at radius 2 is 2.03 bits per heavy atom. The predicted octanol–water partition coefficient (Wildman–Crippen LogP) is 4.62. The summed E-state index contributed by atoms with van der Waals surface area (Å²) < 4.78 is 5.46. The Morgan fingerprint density at radius 1 is 1.28 bits per heavy atom. The fourth-order valence-electron chi connectivity index (χ4n) is 4.04. The van der Waals surface area contributed by atoms with Crippen molar-refractivity contribution in [2.75, 3.05) is 18.5 Å². The molecule has 1 aliphatic heterocycles. The molecule has 0 amide bonds. The Hall–Kier alpha value is -3.28. The van der Waals surface area contributed by atoms with Gasteiger partial charge in [-0.2, -0.15) is 5.26 Å². The van der Waals surface area contributed by atoms with Crippen LogP contribution in [-0.2, 0) is 4.74 Å². The number of halogens is 1. The van der Waals surface area contributed by atoms with Gasteiger partial charge in [0.15, 0.2) is 11.4 Å². The highest BCUT2D eigenvalue weighted by atomic mass is 35.5. The molecule has 164 valence electrons. The predicted molar refractivity (Wildman–Crippen MR) is 120 cm³/mol. The van der Waals surface area contributed by atoms with Gasteiger partial charge < -0.3 is 15.2 Å². The summed E-state index contributed by atoms with van der Waals surface area (Å²) in [6.45, 7) is 5.13. The summed E-state index contributed by atoms with van der Waals surface area (Å²) in [5, 5.41) is 22.5. The second kappa shape index (κ2) is 9.07. The first-order valence-electron chi connectivity index (χ1n) is 10.3. The van der Waals surface area contributed by atoms with E-state index >= 15 is 0 Å². The molecule has 1 aromatic carbocycles. The molecule has 0 saturated carbocycles. The van der Waals surface area contributed by atoms with Crippen molar-refractivity contribution in [3.8, 4) is 6.07 Å². The molecule has 0 radical (unpaired) electrons. The highest BCUT2D eigenvalue weighted by Crippen LogP contribution is 2.32. The molecule has 32 heavy (non-hydrogen) atoms. The Bertz CT molecular complexity index is 1230. The van der Waals surface area contributed by atoms with Gasteiger partial charge in [-0.05, 0) is 50.5 Å². The lowest BCUT2D eigenvalue weighted by Gasteiger charge is -2.23. The maximum absolute atomic E-state index is 11.6. The van der Waals surface area contributed by atoms with Crippen LogP contribution in [0.1, 0.15) is 64.7 Å². The SMILES string of the molecule is Cc1cc([C@@H](C)Nc2ccc(Cl)nc2C(=O)O)c2nc(C3CCOCC3)c(C#N)nc2c1. The molecule has 4 rings (SSSR count). The summed E-state index contributed by atoms with van der Waals surface area (Å²) >= 11 is 5.88. The first-order chi connectivity index (χ1) is 15.4. The van der Waals surface area contributed by atoms with Crippen LogP contribution in [0, 0.1) is 18.3 Å². The Labute approximate surface area is 190 Å². The molecule has 1 saturated heterocycles. The topological polar surface area (TPSA) is 121 Å². The van der Waals surface area contributed by atoms with Crippen LogP contribution in [-0.4, -0.2) is 39.2 Å². The first-order valence-corrected chi connectivity index (χ1v) is 10.7. The van der Waals surface area contributed by atoms with Gasteiger partial charge in [0, 0.05) is 24.7 Å². The molecule has 0 unspecified atom stereocenters. The van der Waals surface area contributed by atoms with Gasteiger partial charge in [0.05, 0.1) is 28.5 Å². The smallest absolute Gasteiger partial charge is 0.356 e. The van der Waals surface area contributed by atoms with E-state index in [0.717, 1.165) is 24.0 Å². The van der Waals surface area contributed by atoms with Crippen LogP contribution in [0.5, 0.6) is 0 Å². The van der Waals surface area contributed by atoms with Crippen molar-refractivity contribution in [2.45, 2.75) is 38.6 Å². The van der Waals surface area contributed by atoms with E-state index in [-0.39, 0.29) is 22.8 Å². The van der Waals surface area contributed by atoms with Crippen LogP contribution < -0.4 is 5.32 Å². The summed E-state index contributed by atoms with van der Waals surface area (Å²) in [6.07, 6.45) is 1.59. The van der Waals surface area contributed by atoms with Gasteiger partial charge in [0.2, 0.25) is 0 Å². The number of aryl methyl sites for hydroxylation is 1. The molecular formula is C23H22ClN5O3. The van der Waals surface area contributed by atoms with Crippen LogP contribution in [0.2, 0.25) is 5.15 Å². The number of carboxylic acid groups (broad SMARTS) is 1. The highest BCUT2D eigenvalue weighted by molar-refractivity contribution is 6.29. The van der Waals surface area contributed by atoms with Crippen molar-refractivity contribution in [1.82, 2.24) is 15.0 Å². The number of fused-ring (bicyclic) bond motifs is 1. The molecular weight excluding hydrogens is 430 g/mol. The third-order valence-corrected chi connectivity index (χ3v) is 5.80. The molecule has 8 nitrogen and oxygen atoms in total. The summed E-state index contributed by atoms with van der Waals surface area (Å²) in [5.74, 6) is -1.05. The largest absolute Gasteiger partial charge is 0.476 e. The molecule has 9 heteroatoms. The summed E-state index contributed by atoms with van der Waals surface area (Å²) in [7, 11) is 0.